The Labute approximate surface area is 135 Å². The van der Waals surface area contributed by atoms with E-state index in [1.54, 1.807) is 6.08 Å². The van der Waals surface area contributed by atoms with E-state index in [9.17, 15) is 0 Å². The van der Waals surface area contributed by atoms with Crippen LogP contribution in [0.1, 0.15) is 11.1 Å². The number of aryl methyl sites for hydroxylation is 1. The molecule has 110 valence electrons. The van der Waals surface area contributed by atoms with Crippen LogP contribution >= 0.6 is 23.2 Å². The molecule has 0 bridgehead atoms. The quantitative estimate of drug-likeness (QED) is 0.711. The van der Waals surface area contributed by atoms with Gasteiger partial charge in [0.1, 0.15) is 12.4 Å². The summed E-state index contributed by atoms with van der Waals surface area (Å²) < 4.78 is 5.45. The first-order valence-corrected chi connectivity index (χ1v) is 7.38. The summed E-state index contributed by atoms with van der Waals surface area (Å²) in [5, 5.41) is 4.67. The Kier molecular flexibility index (Phi) is 5.54. The minimum atomic E-state index is 0.443. The zero-order valence-corrected chi connectivity index (χ0v) is 13.3. The highest BCUT2D eigenvalue weighted by atomic mass is 35.5. The molecule has 21 heavy (non-hydrogen) atoms. The molecule has 0 amide bonds. The van der Waals surface area contributed by atoms with Gasteiger partial charge in [0.25, 0.3) is 0 Å². The maximum Gasteiger partial charge on any atom is 0.138 e. The molecule has 0 spiro atoms. The predicted octanol–water partition coefficient (Wildman–Crippen LogP) is 5.48. The molecule has 0 aliphatic rings. The lowest BCUT2D eigenvalue weighted by Crippen LogP contribution is -2.01. The Bertz CT molecular complexity index is 641. The maximum atomic E-state index is 6.20. The normalized spacial score (nSPS) is 10.2. The number of benzene rings is 2. The van der Waals surface area contributed by atoms with Gasteiger partial charge in [0.2, 0.25) is 0 Å². The summed E-state index contributed by atoms with van der Waals surface area (Å²) in [6.07, 6.45) is 1.69. The van der Waals surface area contributed by atoms with Gasteiger partial charge in [0, 0.05) is 17.3 Å². The van der Waals surface area contributed by atoms with Crippen LogP contribution in [0.5, 0.6) is 5.75 Å². The molecule has 0 aromatic heterocycles. The largest absolute Gasteiger partial charge is 0.488 e. The van der Waals surface area contributed by atoms with Crippen molar-refractivity contribution >= 4 is 28.9 Å². The third-order valence-corrected chi connectivity index (χ3v) is 3.57. The number of hydrogen-bond acceptors (Lipinski definition) is 2. The second kappa shape index (κ2) is 7.39. The van der Waals surface area contributed by atoms with E-state index in [0.29, 0.717) is 28.9 Å². The van der Waals surface area contributed by atoms with E-state index in [1.807, 2.05) is 43.3 Å². The molecule has 1 N–H and O–H groups in total. The van der Waals surface area contributed by atoms with Gasteiger partial charge in [-0.05, 0) is 42.3 Å². The van der Waals surface area contributed by atoms with E-state index >= 15 is 0 Å². The molecule has 0 radical (unpaired) electrons. The van der Waals surface area contributed by atoms with Crippen molar-refractivity contribution in [3.63, 3.8) is 0 Å². The highest BCUT2D eigenvalue weighted by molar-refractivity contribution is 6.32. The summed E-state index contributed by atoms with van der Waals surface area (Å²) in [7, 11) is 0. The average Bonchev–Trinajstić information content (AvgIpc) is 2.47. The molecule has 0 heterocycles. The van der Waals surface area contributed by atoms with Gasteiger partial charge in [-0.15, -0.1) is 0 Å². The zero-order chi connectivity index (χ0) is 15.2. The fourth-order valence-electron chi connectivity index (χ4n) is 1.90. The first kappa shape index (κ1) is 15.7. The second-order valence-corrected chi connectivity index (χ2v) is 5.52. The topological polar surface area (TPSA) is 21.3 Å². The van der Waals surface area contributed by atoms with Gasteiger partial charge in [-0.25, -0.2) is 0 Å². The lowest BCUT2D eigenvalue weighted by atomic mass is 10.1. The van der Waals surface area contributed by atoms with E-state index in [1.165, 1.54) is 0 Å². The Morgan fingerprint density at radius 3 is 2.71 bits per heavy atom. The van der Waals surface area contributed by atoms with E-state index < -0.39 is 0 Å². The minimum absolute atomic E-state index is 0.443. The van der Waals surface area contributed by atoms with E-state index in [0.717, 1.165) is 16.8 Å². The van der Waals surface area contributed by atoms with Crippen LogP contribution in [0.2, 0.25) is 10.0 Å². The minimum Gasteiger partial charge on any atom is -0.488 e. The molecule has 0 aliphatic heterocycles. The van der Waals surface area contributed by atoms with Gasteiger partial charge in [-0.1, -0.05) is 48.0 Å². The van der Waals surface area contributed by atoms with Crippen LogP contribution in [0.15, 0.2) is 49.1 Å². The summed E-state index contributed by atoms with van der Waals surface area (Å²) in [5.41, 5.74) is 3.24. The summed E-state index contributed by atoms with van der Waals surface area (Å²) in [4.78, 5) is 0. The van der Waals surface area contributed by atoms with E-state index in [4.69, 9.17) is 27.9 Å². The third kappa shape index (κ3) is 4.42. The Morgan fingerprint density at radius 1 is 1.19 bits per heavy atom. The average molecular weight is 322 g/mol. The molecule has 2 rings (SSSR count). The molecule has 0 atom stereocenters. The standard InChI is InChI=1S/C17H17Cl2NO/c1-3-8-21-17-7-5-13(9-15(17)19)11-20-16-10-14(18)6-4-12(16)2/h3-7,9-10,20H,1,8,11H2,2H3. The first-order valence-electron chi connectivity index (χ1n) is 6.62. The fraction of sp³-hybridized carbons (Fsp3) is 0.176. The van der Waals surface area contributed by atoms with Gasteiger partial charge in [0.15, 0.2) is 0 Å². The smallest absolute Gasteiger partial charge is 0.138 e. The molecule has 0 aliphatic carbocycles. The number of ether oxygens (including phenoxy) is 1. The van der Waals surface area contributed by atoms with Gasteiger partial charge in [0.05, 0.1) is 5.02 Å². The molecule has 2 nitrogen and oxygen atoms in total. The number of anilines is 1. The van der Waals surface area contributed by atoms with Crippen LogP contribution in [0.25, 0.3) is 0 Å². The maximum absolute atomic E-state index is 6.20. The third-order valence-electron chi connectivity index (χ3n) is 3.04. The summed E-state index contributed by atoms with van der Waals surface area (Å²) in [6, 6.07) is 11.5. The lowest BCUT2D eigenvalue weighted by molar-refractivity contribution is 0.363. The van der Waals surface area contributed by atoms with Crippen molar-refractivity contribution in [1.82, 2.24) is 0 Å². The van der Waals surface area contributed by atoms with Crippen LogP contribution < -0.4 is 10.1 Å². The predicted molar refractivity (Wildman–Crippen MR) is 90.7 cm³/mol. The molecule has 2 aromatic carbocycles. The van der Waals surface area contributed by atoms with Crippen molar-refractivity contribution in [3.8, 4) is 5.75 Å². The van der Waals surface area contributed by atoms with Gasteiger partial charge in [-0.2, -0.15) is 0 Å². The highest BCUT2D eigenvalue weighted by Crippen LogP contribution is 2.26. The van der Waals surface area contributed by atoms with Crippen LogP contribution in [0.3, 0.4) is 0 Å². The van der Waals surface area contributed by atoms with E-state index in [2.05, 4.69) is 11.9 Å². The molecule has 0 saturated carbocycles. The highest BCUT2D eigenvalue weighted by Gasteiger charge is 2.04. The van der Waals surface area contributed by atoms with Crippen molar-refractivity contribution in [2.45, 2.75) is 13.5 Å². The van der Waals surface area contributed by atoms with Crippen LogP contribution in [0, 0.1) is 6.92 Å². The van der Waals surface area contributed by atoms with Crippen molar-refractivity contribution < 1.29 is 4.74 Å². The summed E-state index contributed by atoms with van der Waals surface area (Å²) in [6.45, 7) is 6.76. The van der Waals surface area contributed by atoms with Gasteiger partial charge >= 0.3 is 0 Å². The fourth-order valence-corrected chi connectivity index (χ4v) is 2.33. The monoisotopic (exact) mass is 321 g/mol. The lowest BCUT2D eigenvalue weighted by Gasteiger charge is -2.11. The summed E-state index contributed by atoms with van der Waals surface area (Å²) in [5.74, 6) is 0.666. The number of halogens is 2. The Morgan fingerprint density at radius 2 is 2.00 bits per heavy atom. The second-order valence-electron chi connectivity index (χ2n) is 4.68. The van der Waals surface area contributed by atoms with Crippen molar-refractivity contribution in [3.05, 3.63) is 70.2 Å². The van der Waals surface area contributed by atoms with Crippen LogP contribution in [-0.4, -0.2) is 6.61 Å². The molecule has 2 aromatic rings. The molecular weight excluding hydrogens is 305 g/mol. The van der Waals surface area contributed by atoms with Crippen molar-refractivity contribution in [2.24, 2.45) is 0 Å². The van der Waals surface area contributed by atoms with Crippen LogP contribution in [0.4, 0.5) is 5.69 Å². The van der Waals surface area contributed by atoms with Gasteiger partial charge < -0.3 is 10.1 Å². The molecular formula is C17H17Cl2NO. The number of rotatable bonds is 6. The molecule has 4 heteroatoms. The van der Waals surface area contributed by atoms with Crippen molar-refractivity contribution in [2.75, 3.05) is 11.9 Å². The zero-order valence-electron chi connectivity index (χ0n) is 11.8. The molecule has 0 fully saturated rings. The molecule has 0 unspecified atom stereocenters. The Balaban J connectivity index is 2.05. The van der Waals surface area contributed by atoms with Crippen molar-refractivity contribution in [1.29, 1.82) is 0 Å². The number of hydrogen-bond donors (Lipinski definition) is 1. The number of nitrogens with one attached hydrogen (secondary N) is 1. The summed E-state index contributed by atoms with van der Waals surface area (Å²) >= 11 is 12.2. The van der Waals surface area contributed by atoms with Gasteiger partial charge in [-0.3, -0.25) is 0 Å². The SMILES string of the molecule is C=CCOc1ccc(CNc2cc(Cl)ccc2C)cc1Cl. The first-order chi connectivity index (χ1) is 10.1. The van der Waals surface area contributed by atoms with E-state index in [-0.39, 0.29) is 0 Å². The molecule has 0 saturated heterocycles. The van der Waals surface area contributed by atoms with Crippen LogP contribution in [-0.2, 0) is 6.54 Å². The Hall–Kier alpha value is -1.64.